The number of anilines is 2. The fourth-order valence-corrected chi connectivity index (χ4v) is 2.36. The van der Waals surface area contributed by atoms with Crippen LogP contribution in [0.3, 0.4) is 0 Å². The summed E-state index contributed by atoms with van der Waals surface area (Å²) in [7, 11) is 0. The average molecular weight is 325 g/mol. The molecular formula is C19H23N3O2. The quantitative estimate of drug-likeness (QED) is 0.762. The van der Waals surface area contributed by atoms with Gasteiger partial charge in [0.2, 0.25) is 5.91 Å². The highest BCUT2D eigenvalue weighted by Crippen LogP contribution is 2.24. The highest BCUT2D eigenvalue weighted by molar-refractivity contribution is 6.05. The summed E-state index contributed by atoms with van der Waals surface area (Å²) in [5.74, 6) is -0.406. The van der Waals surface area contributed by atoms with Gasteiger partial charge < -0.3 is 16.4 Å². The van der Waals surface area contributed by atoms with E-state index in [0.29, 0.717) is 23.4 Å². The van der Waals surface area contributed by atoms with E-state index in [2.05, 4.69) is 10.6 Å². The maximum Gasteiger partial charge on any atom is 0.255 e. The topological polar surface area (TPSA) is 84.2 Å². The van der Waals surface area contributed by atoms with E-state index in [1.54, 1.807) is 30.3 Å². The Morgan fingerprint density at radius 3 is 2.25 bits per heavy atom. The van der Waals surface area contributed by atoms with Crippen molar-refractivity contribution in [1.29, 1.82) is 0 Å². The summed E-state index contributed by atoms with van der Waals surface area (Å²) in [6.45, 7) is 3.83. The normalized spacial score (nSPS) is 11.6. The van der Waals surface area contributed by atoms with Crippen molar-refractivity contribution in [1.82, 2.24) is 0 Å². The summed E-state index contributed by atoms with van der Waals surface area (Å²) in [6, 6.07) is 13.8. The predicted octanol–water partition coefficient (Wildman–Crippen LogP) is 3.31. The molecule has 24 heavy (non-hydrogen) atoms. The van der Waals surface area contributed by atoms with Gasteiger partial charge in [-0.05, 0) is 43.2 Å². The van der Waals surface area contributed by atoms with E-state index in [4.69, 9.17) is 5.73 Å². The number of hydrogen-bond donors (Lipinski definition) is 3. The van der Waals surface area contributed by atoms with Gasteiger partial charge in [-0.2, -0.15) is 0 Å². The lowest BCUT2D eigenvalue weighted by Gasteiger charge is -2.16. The van der Waals surface area contributed by atoms with E-state index in [-0.39, 0.29) is 11.8 Å². The smallest absolute Gasteiger partial charge is 0.255 e. The van der Waals surface area contributed by atoms with Crippen LogP contribution in [0, 0.1) is 6.92 Å². The molecule has 1 unspecified atom stereocenters. The summed E-state index contributed by atoms with van der Waals surface area (Å²) in [4.78, 5) is 24.4. The largest absolute Gasteiger partial charge is 0.324 e. The number of nitrogens with two attached hydrogens (primary N) is 1. The molecule has 0 saturated heterocycles. The number of amides is 2. The third kappa shape index (κ3) is 4.43. The van der Waals surface area contributed by atoms with Gasteiger partial charge in [0, 0.05) is 16.9 Å². The van der Waals surface area contributed by atoms with Crippen LogP contribution in [0.5, 0.6) is 0 Å². The van der Waals surface area contributed by atoms with Crippen LogP contribution in [0.2, 0.25) is 0 Å². The lowest BCUT2D eigenvalue weighted by atomic mass is 10.1. The molecule has 0 radical (unpaired) electrons. The fraction of sp³-hybridized carbons (Fsp3) is 0.263. The van der Waals surface area contributed by atoms with Crippen LogP contribution in [0.4, 0.5) is 11.4 Å². The Hall–Kier alpha value is -2.66. The van der Waals surface area contributed by atoms with Crippen LogP contribution in [0.25, 0.3) is 0 Å². The molecule has 0 aliphatic rings. The molecule has 2 amide bonds. The van der Waals surface area contributed by atoms with Gasteiger partial charge in [0.1, 0.15) is 0 Å². The molecule has 0 aliphatic carbocycles. The monoisotopic (exact) mass is 325 g/mol. The van der Waals surface area contributed by atoms with Gasteiger partial charge in [-0.1, -0.05) is 37.6 Å². The van der Waals surface area contributed by atoms with Gasteiger partial charge in [-0.15, -0.1) is 0 Å². The third-order valence-corrected chi connectivity index (χ3v) is 3.81. The molecule has 0 aliphatic heterocycles. The Kier molecular flexibility index (Phi) is 6.09. The number of hydrogen-bond acceptors (Lipinski definition) is 3. The fourth-order valence-electron chi connectivity index (χ4n) is 2.36. The molecule has 4 N–H and O–H groups in total. The number of carbonyl (C=O) groups excluding carboxylic acids is 2. The van der Waals surface area contributed by atoms with Crippen LogP contribution < -0.4 is 16.4 Å². The minimum Gasteiger partial charge on any atom is -0.324 e. The lowest BCUT2D eigenvalue weighted by Crippen LogP contribution is -2.35. The molecule has 0 bridgehead atoms. The van der Waals surface area contributed by atoms with E-state index < -0.39 is 6.04 Å². The van der Waals surface area contributed by atoms with Crippen molar-refractivity contribution in [3.8, 4) is 0 Å². The van der Waals surface area contributed by atoms with Gasteiger partial charge in [0.25, 0.3) is 5.91 Å². The van der Waals surface area contributed by atoms with Gasteiger partial charge >= 0.3 is 0 Å². The highest BCUT2D eigenvalue weighted by Gasteiger charge is 2.15. The predicted molar refractivity (Wildman–Crippen MR) is 97.1 cm³/mol. The van der Waals surface area contributed by atoms with Crippen molar-refractivity contribution >= 4 is 23.2 Å². The second-order valence-corrected chi connectivity index (χ2v) is 5.68. The Balaban J connectivity index is 2.13. The molecule has 2 aromatic carbocycles. The molecule has 2 rings (SSSR count). The summed E-state index contributed by atoms with van der Waals surface area (Å²) >= 11 is 0. The average Bonchev–Trinajstić information content (AvgIpc) is 2.59. The summed E-state index contributed by atoms with van der Waals surface area (Å²) in [5, 5.41) is 5.71. The number of benzene rings is 2. The molecule has 0 heterocycles. The Bertz CT molecular complexity index is 714. The highest BCUT2D eigenvalue weighted by atomic mass is 16.2. The first-order valence-corrected chi connectivity index (χ1v) is 8.05. The van der Waals surface area contributed by atoms with Crippen LogP contribution in [-0.2, 0) is 4.79 Å². The SMILES string of the molecule is CCCC(N)C(=O)Nc1cccc(NC(=O)c2ccccc2)c1C. The first kappa shape index (κ1) is 17.7. The van der Waals surface area contributed by atoms with Gasteiger partial charge in [0.15, 0.2) is 0 Å². The van der Waals surface area contributed by atoms with E-state index in [0.717, 1.165) is 12.0 Å². The maximum absolute atomic E-state index is 12.3. The summed E-state index contributed by atoms with van der Waals surface area (Å²) in [5.41, 5.74) is 8.52. The molecule has 0 aromatic heterocycles. The lowest BCUT2D eigenvalue weighted by molar-refractivity contribution is -0.117. The van der Waals surface area contributed by atoms with Crippen molar-refractivity contribution < 1.29 is 9.59 Å². The van der Waals surface area contributed by atoms with Crippen molar-refractivity contribution in [3.05, 3.63) is 59.7 Å². The van der Waals surface area contributed by atoms with E-state index in [1.165, 1.54) is 0 Å². The Morgan fingerprint density at radius 1 is 1.00 bits per heavy atom. The number of carbonyl (C=O) groups is 2. The van der Waals surface area contributed by atoms with Crippen LogP contribution in [0.1, 0.15) is 35.7 Å². The van der Waals surface area contributed by atoms with E-state index >= 15 is 0 Å². The molecule has 0 fully saturated rings. The molecule has 1 atom stereocenters. The second kappa shape index (κ2) is 8.26. The first-order valence-electron chi connectivity index (χ1n) is 8.05. The van der Waals surface area contributed by atoms with Gasteiger partial charge in [0.05, 0.1) is 6.04 Å². The van der Waals surface area contributed by atoms with E-state index in [1.807, 2.05) is 32.0 Å². The van der Waals surface area contributed by atoms with Crippen LogP contribution in [0.15, 0.2) is 48.5 Å². The standard InChI is InChI=1S/C19H23N3O2/c1-3-8-15(20)19(24)22-17-12-7-11-16(13(17)2)21-18(23)14-9-5-4-6-10-14/h4-7,9-12,15H,3,8,20H2,1-2H3,(H,21,23)(H,22,24). The summed E-state index contributed by atoms with van der Waals surface area (Å²) in [6.07, 6.45) is 1.48. The minimum atomic E-state index is -0.531. The summed E-state index contributed by atoms with van der Waals surface area (Å²) < 4.78 is 0. The number of rotatable bonds is 6. The first-order chi connectivity index (χ1) is 11.5. The molecule has 5 nitrogen and oxygen atoms in total. The third-order valence-electron chi connectivity index (χ3n) is 3.81. The zero-order valence-corrected chi connectivity index (χ0v) is 14.0. The van der Waals surface area contributed by atoms with Crippen molar-refractivity contribution in [2.75, 3.05) is 10.6 Å². The van der Waals surface area contributed by atoms with E-state index in [9.17, 15) is 9.59 Å². The second-order valence-electron chi connectivity index (χ2n) is 5.68. The molecule has 0 spiro atoms. The van der Waals surface area contributed by atoms with Gasteiger partial charge in [-0.3, -0.25) is 9.59 Å². The molecule has 0 saturated carbocycles. The van der Waals surface area contributed by atoms with Gasteiger partial charge in [-0.25, -0.2) is 0 Å². The molecule has 2 aromatic rings. The molecular weight excluding hydrogens is 302 g/mol. The van der Waals surface area contributed by atoms with Crippen LogP contribution >= 0.6 is 0 Å². The van der Waals surface area contributed by atoms with Crippen LogP contribution in [-0.4, -0.2) is 17.9 Å². The molecule has 5 heteroatoms. The van der Waals surface area contributed by atoms with Crippen molar-refractivity contribution in [2.24, 2.45) is 5.73 Å². The molecule has 126 valence electrons. The Morgan fingerprint density at radius 2 is 1.62 bits per heavy atom. The van der Waals surface area contributed by atoms with Crippen molar-refractivity contribution in [2.45, 2.75) is 32.7 Å². The Labute approximate surface area is 142 Å². The minimum absolute atomic E-state index is 0.190. The van der Waals surface area contributed by atoms with Crippen molar-refractivity contribution in [3.63, 3.8) is 0 Å². The maximum atomic E-state index is 12.3. The number of nitrogens with one attached hydrogen (secondary N) is 2. The zero-order chi connectivity index (χ0) is 17.5. The zero-order valence-electron chi connectivity index (χ0n) is 14.0.